The highest BCUT2D eigenvalue weighted by atomic mass is 32.2. The molecule has 0 aliphatic rings. The van der Waals surface area contributed by atoms with E-state index in [0.29, 0.717) is 16.4 Å². The lowest BCUT2D eigenvalue weighted by Crippen LogP contribution is -2.15. The van der Waals surface area contributed by atoms with Crippen molar-refractivity contribution >= 4 is 40.7 Å². The SMILES string of the molecule is CC(=O)c1cccc(NC(=O)CSc2nnc3[nH]c(=O)cc(N)n23)c1. The summed E-state index contributed by atoms with van der Waals surface area (Å²) in [6, 6.07) is 7.90. The average Bonchev–Trinajstić information content (AvgIpc) is 2.96. The van der Waals surface area contributed by atoms with E-state index in [4.69, 9.17) is 5.73 Å². The molecule has 0 aliphatic carbocycles. The van der Waals surface area contributed by atoms with Crippen LogP contribution in [0.2, 0.25) is 0 Å². The van der Waals surface area contributed by atoms with E-state index in [-0.39, 0.29) is 34.6 Å². The summed E-state index contributed by atoms with van der Waals surface area (Å²) in [4.78, 5) is 37.3. The van der Waals surface area contributed by atoms with Gasteiger partial charge in [-0.2, -0.15) is 0 Å². The molecule has 2 aromatic heterocycles. The molecule has 0 bridgehead atoms. The number of Topliss-reactive ketones (excluding diaryl/α,β-unsaturated/α-hetero) is 1. The maximum absolute atomic E-state index is 12.1. The Bertz CT molecular complexity index is 1030. The normalized spacial score (nSPS) is 10.8. The Hall–Kier alpha value is -3.14. The summed E-state index contributed by atoms with van der Waals surface area (Å²) in [7, 11) is 0. The van der Waals surface area contributed by atoms with Crippen molar-refractivity contribution in [3.8, 4) is 0 Å². The third-order valence-corrected chi connectivity index (χ3v) is 4.22. The van der Waals surface area contributed by atoms with Crippen LogP contribution in [0.25, 0.3) is 5.78 Å². The van der Waals surface area contributed by atoms with Crippen LogP contribution in [0, 0.1) is 0 Å². The lowest BCUT2D eigenvalue weighted by Gasteiger charge is -2.06. The Labute approximate surface area is 145 Å². The highest BCUT2D eigenvalue weighted by Crippen LogP contribution is 2.19. The number of aromatic nitrogens is 4. The second-order valence-corrected chi connectivity index (χ2v) is 6.12. The first-order valence-corrected chi connectivity index (χ1v) is 8.20. The summed E-state index contributed by atoms with van der Waals surface area (Å²) in [5.74, 6) is 0.0992. The number of benzene rings is 1. The number of ketones is 1. The molecule has 0 saturated carbocycles. The van der Waals surface area contributed by atoms with Gasteiger partial charge in [0.25, 0.3) is 5.56 Å². The number of rotatable bonds is 5. The number of carbonyl (C=O) groups is 2. The molecule has 0 unspecified atom stereocenters. The first-order valence-electron chi connectivity index (χ1n) is 7.21. The third-order valence-electron chi connectivity index (χ3n) is 3.29. The fourth-order valence-corrected chi connectivity index (χ4v) is 2.92. The Morgan fingerprint density at radius 1 is 1.32 bits per heavy atom. The molecule has 1 aromatic carbocycles. The predicted octanol–water partition coefficient (Wildman–Crippen LogP) is 0.933. The van der Waals surface area contributed by atoms with Crippen LogP contribution < -0.4 is 16.6 Å². The molecule has 0 fully saturated rings. The quantitative estimate of drug-likeness (QED) is 0.456. The zero-order valence-electron chi connectivity index (χ0n) is 13.1. The molecule has 1 amide bonds. The van der Waals surface area contributed by atoms with Gasteiger partial charge in [0, 0.05) is 17.3 Å². The van der Waals surface area contributed by atoms with Crippen LogP contribution in [0.3, 0.4) is 0 Å². The molecule has 3 rings (SSSR count). The van der Waals surface area contributed by atoms with Gasteiger partial charge in [-0.1, -0.05) is 23.9 Å². The number of nitrogens with zero attached hydrogens (tertiary/aromatic N) is 3. The zero-order chi connectivity index (χ0) is 18.0. The van der Waals surface area contributed by atoms with Gasteiger partial charge < -0.3 is 11.1 Å². The number of nitrogens with one attached hydrogen (secondary N) is 2. The number of nitrogens with two attached hydrogens (primary N) is 1. The lowest BCUT2D eigenvalue weighted by molar-refractivity contribution is -0.113. The van der Waals surface area contributed by atoms with E-state index in [2.05, 4.69) is 20.5 Å². The Morgan fingerprint density at radius 2 is 2.12 bits per heavy atom. The lowest BCUT2D eigenvalue weighted by atomic mass is 10.1. The van der Waals surface area contributed by atoms with Crippen LogP contribution in [0.5, 0.6) is 0 Å². The van der Waals surface area contributed by atoms with Gasteiger partial charge in [0.15, 0.2) is 10.9 Å². The molecular weight excluding hydrogens is 344 g/mol. The molecular formula is C15H14N6O3S. The molecule has 0 spiro atoms. The minimum atomic E-state index is -0.378. The number of hydrogen-bond donors (Lipinski definition) is 3. The standard InChI is InChI=1S/C15H14N6O3S/c1-8(22)9-3-2-4-10(5-9)17-13(24)7-25-15-20-19-14-18-12(23)6-11(16)21(14)15/h2-6H,7,16H2,1H3,(H,17,24)(H,18,19,23). The van der Waals surface area contributed by atoms with E-state index in [1.165, 1.54) is 17.4 Å². The van der Waals surface area contributed by atoms with Gasteiger partial charge >= 0.3 is 0 Å². The topological polar surface area (TPSA) is 135 Å². The van der Waals surface area contributed by atoms with Crippen LogP contribution in [0.15, 0.2) is 40.3 Å². The minimum Gasteiger partial charge on any atom is -0.385 e. The molecule has 128 valence electrons. The fourth-order valence-electron chi connectivity index (χ4n) is 2.17. The van der Waals surface area contributed by atoms with Gasteiger partial charge in [-0.05, 0) is 19.1 Å². The van der Waals surface area contributed by atoms with Gasteiger partial charge in [-0.3, -0.25) is 19.4 Å². The molecule has 4 N–H and O–H groups in total. The van der Waals surface area contributed by atoms with E-state index in [0.717, 1.165) is 11.8 Å². The second kappa shape index (κ2) is 6.77. The predicted molar refractivity (Wildman–Crippen MR) is 93.8 cm³/mol. The smallest absolute Gasteiger partial charge is 0.254 e. The van der Waals surface area contributed by atoms with Crippen molar-refractivity contribution < 1.29 is 9.59 Å². The fraction of sp³-hybridized carbons (Fsp3) is 0.133. The summed E-state index contributed by atoms with van der Waals surface area (Å²) in [6.45, 7) is 1.46. The van der Waals surface area contributed by atoms with Crippen LogP contribution in [-0.2, 0) is 4.79 Å². The Morgan fingerprint density at radius 3 is 2.88 bits per heavy atom. The van der Waals surface area contributed by atoms with Crippen molar-refractivity contribution in [3.63, 3.8) is 0 Å². The van der Waals surface area contributed by atoms with E-state index in [9.17, 15) is 14.4 Å². The number of amides is 1. The molecule has 0 aliphatic heterocycles. The minimum absolute atomic E-state index is 0.0592. The van der Waals surface area contributed by atoms with E-state index in [1.807, 2.05) is 0 Å². The summed E-state index contributed by atoms with van der Waals surface area (Å²) < 4.78 is 1.45. The second-order valence-electron chi connectivity index (χ2n) is 5.17. The number of anilines is 2. The van der Waals surface area contributed by atoms with Crippen molar-refractivity contribution in [1.82, 2.24) is 19.6 Å². The molecule has 0 radical (unpaired) electrons. The van der Waals surface area contributed by atoms with E-state index >= 15 is 0 Å². The van der Waals surface area contributed by atoms with Crippen molar-refractivity contribution in [2.75, 3.05) is 16.8 Å². The summed E-state index contributed by atoms with van der Waals surface area (Å²) in [5.41, 5.74) is 6.47. The van der Waals surface area contributed by atoms with Crippen molar-refractivity contribution in [3.05, 3.63) is 46.2 Å². The van der Waals surface area contributed by atoms with Gasteiger partial charge in [0.1, 0.15) is 5.82 Å². The van der Waals surface area contributed by atoms with Crippen molar-refractivity contribution in [1.29, 1.82) is 0 Å². The highest BCUT2D eigenvalue weighted by Gasteiger charge is 2.12. The molecule has 10 heteroatoms. The van der Waals surface area contributed by atoms with Gasteiger partial charge in [-0.15, -0.1) is 10.2 Å². The van der Waals surface area contributed by atoms with Crippen LogP contribution in [0.1, 0.15) is 17.3 Å². The number of thioether (sulfide) groups is 1. The van der Waals surface area contributed by atoms with Crippen LogP contribution in [-0.4, -0.2) is 37.0 Å². The molecule has 9 nitrogen and oxygen atoms in total. The third kappa shape index (κ3) is 3.69. The summed E-state index contributed by atoms with van der Waals surface area (Å²) >= 11 is 1.12. The number of hydrogen-bond acceptors (Lipinski definition) is 7. The zero-order valence-corrected chi connectivity index (χ0v) is 14.0. The maximum Gasteiger partial charge on any atom is 0.254 e. The number of nitrogen functional groups attached to an aromatic ring is 1. The first-order chi connectivity index (χ1) is 11.9. The van der Waals surface area contributed by atoms with Crippen molar-refractivity contribution in [2.45, 2.75) is 12.1 Å². The van der Waals surface area contributed by atoms with E-state index < -0.39 is 0 Å². The molecule has 0 saturated heterocycles. The maximum atomic E-state index is 12.1. The van der Waals surface area contributed by atoms with E-state index in [1.54, 1.807) is 24.3 Å². The molecule has 2 heterocycles. The molecule has 0 atom stereocenters. The van der Waals surface area contributed by atoms with Crippen molar-refractivity contribution in [2.24, 2.45) is 0 Å². The first kappa shape index (κ1) is 16.7. The Kier molecular flexibility index (Phi) is 4.52. The monoisotopic (exact) mass is 358 g/mol. The van der Waals surface area contributed by atoms with Crippen LogP contribution in [0.4, 0.5) is 11.5 Å². The van der Waals surface area contributed by atoms with Gasteiger partial charge in [0.2, 0.25) is 11.7 Å². The number of aromatic amines is 1. The summed E-state index contributed by atoms with van der Waals surface area (Å²) in [6.07, 6.45) is 0. The summed E-state index contributed by atoms with van der Waals surface area (Å²) in [5, 5.41) is 10.8. The number of carbonyl (C=O) groups excluding carboxylic acids is 2. The number of fused-ring (bicyclic) bond motifs is 1. The molecule has 25 heavy (non-hydrogen) atoms. The van der Waals surface area contributed by atoms with Gasteiger partial charge in [-0.25, -0.2) is 4.40 Å². The average molecular weight is 358 g/mol. The molecule has 3 aromatic rings. The largest absolute Gasteiger partial charge is 0.385 e. The van der Waals surface area contributed by atoms with Gasteiger partial charge in [0.05, 0.1) is 5.75 Å². The number of H-pyrrole nitrogens is 1. The Balaban J connectivity index is 1.70. The van der Waals surface area contributed by atoms with Crippen LogP contribution >= 0.6 is 11.8 Å². The highest BCUT2D eigenvalue weighted by molar-refractivity contribution is 7.99.